The Morgan fingerprint density at radius 1 is 1.16 bits per heavy atom. The number of benzene rings is 2. The molecule has 5 N–H and O–H groups in total. The number of amides is 2. The third kappa shape index (κ3) is 3.49. The van der Waals surface area contributed by atoms with Crippen LogP contribution < -0.4 is 5.23 Å². The van der Waals surface area contributed by atoms with E-state index in [4.69, 9.17) is 0 Å². The molecule has 2 heterocycles. The Bertz CT molecular complexity index is 1170. The number of quaternary nitrogens is 1. The average molecular weight is 440 g/mol. The van der Waals surface area contributed by atoms with Gasteiger partial charge in [-0.2, -0.15) is 5.23 Å². The molecule has 1 saturated heterocycles. The first-order valence-electron chi connectivity index (χ1n) is 10.0. The number of phenolic OH excluding ortho intramolecular Hbond substituents is 1. The van der Waals surface area contributed by atoms with Crippen LogP contribution in [0.5, 0.6) is 5.75 Å². The van der Waals surface area contributed by atoms with Crippen molar-refractivity contribution >= 4 is 28.4 Å². The number of aromatic hydroxyl groups is 1. The number of carbonyl (C=O) groups is 2. The summed E-state index contributed by atoms with van der Waals surface area (Å²) in [6, 6.07) is 9.98. The molecule has 1 aliphatic rings. The third-order valence-corrected chi connectivity index (χ3v) is 6.12. The minimum atomic E-state index is -2.08. The van der Waals surface area contributed by atoms with Gasteiger partial charge in [-0.3, -0.25) is 9.59 Å². The van der Waals surface area contributed by atoms with Gasteiger partial charge in [-0.05, 0) is 29.3 Å². The number of likely N-dealkylation sites (N-methyl/N-ethyl adjacent to an activating group) is 2. The maximum Gasteiger partial charge on any atom is 0.276 e. The van der Waals surface area contributed by atoms with Crippen LogP contribution in [0.25, 0.3) is 10.9 Å². The molecule has 3 aromatic rings. The quantitative estimate of drug-likeness (QED) is 0.355. The van der Waals surface area contributed by atoms with E-state index in [1.54, 1.807) is 30.5 Å². The van der Waals surface area contributed by atoms with E-state index in [1.165, 1.54) is 37.2 Å². The van der Waals surface area contributed by atoms with Gasteiger partial charge in [-0.25, -0.2) is 5.21 Å². The van der Waals surface area contributed by atoms with Gasteiger partial charge < -0.3 is 30.2 Å². The number of hydrogen-bond donors (Lipinski definition) is 5. The van der Waals surface area contributed by atoms with E-state index in [0.29, 0.717) is 22.0 Å². The molecule has 10 heteroatoms. The molecule has 1 aromatic heterocycles. The molecule has 0 saturated carbocycles. The third-order valence-electron chi connectivity index (χ3n) is 6.12. The molecular weight excluding hydrogens is 416 g/mol. The number of phenols is 1. The van der Waals surface area contributed by atoms with E-state index in [-0.39, 0.29) is 24.3 Å². The highest BCUT2D eigenvalue weighted by atomic mass is 16.8. The van der Waals surface area contributed by atoms with E-state index in [2.05, 4.69) is 4.98 Å². The summed E-state index contributed by atoms with van der Waals surface area (Å²) in [5.74, 6) is -1.05. The van der Waals surface area contributed by atoms with E-state index >= 15 is 0 Å². The maximum absolute atomic E-state index is 13.2. The van der Waals surface area contributed by atoms with Crippen molar-refractivity contribution in [3.05, 3.63) is 65.0 Å². The monoisotopic (exact) mass is 440 g/mol. The lowest BCUT2D eigenvalue weighted by atomic mass is 9.92. The van der Waals surface area contributed by atoms with E-state index in [0.717, 1.165) is 4.90 Å². The second-order valence-electron chi connectivity index (χ2n) is 8.04. The zero-order chi connectivity index (χ0) is 23.2. The summed E-state index contributed by atoms with van der Waals surface area (Å²) in [7, 11) is 2.82. The van der Waals surface area contributed by atoms with Gasteiger partial charge in [-0.15, -0.1) is 0 Å². The lowest BCUT2D eigenvalue weighted by Crippen LogP contribution is -2.99. The van der Waals surface area contributed by atoms with Crippen LogP contribution in [-0.4, -0.2) is 67.9 Å². The molecule has 0 spiro atoms. The largest absolute Gasteiger partial charge is 0.595 e. The Balaban J connectivity index is 1.65. The van der Waals surface area contributed by atoms with Gasteiger partial charge in [0, 0.05) is 39.2 Å². The lowest BCUT2D eigenvalue weighted by Gasteiger charge is -2.47. The van der Waals surface area contributed by atoms with Crippen molar-refractivity contribution in [2.75, 3.05) is 14.1 Å². The molecule has 3 atom stereocenters. The van der Waals surface area contributed by atoms with Crippen molar-refractivity contribution < 1.29 is 30.2 Å². The Morgan fingerprint density at radius 3 is 2.50 bits per heavy atom. The Kier molecular flexibility index (Phi) is 5.39. The molecule has 0 bridgehead atoms. The van der Waals surface area contributed by atoms with Crippen LogP contribution in [0.3, 0.4) is 0 Å². The number of fused-ring (bicyclic) bond motifs is 1. The predicted molar refractivity (Wildman–Crippen MR) is 114 cm³/mol. The summed E-state index contributed by atoms with van der Waals surface area (Å²) in [4.78, 5) is 31.7. The first-order valence-corrected chi connectivity index (χ1v) is 10.0. The summed E-state index contributed by atoms with van der Waals surface area (Å²) < 4.78 is 0. The van der Waals surface area contributed by atoms with Gasteiger partial charge in [0.2, 0.25) is 11.6 Å². The summed E-state index contributed by atoms with van der Waals surface area (Å²) in [5, 5.41) is 41.2. The first kappa shape index (κ1) is 21.8. The summed E-state index contributed by atoms with van der Waals surface area (Å²) in [5.41, 5.74) is -0.185. The minimum Gasteiger partial charge on any atom is -0.595 e. The fraction of sp³-hybridized carbons (Fsp3) is 0.273. The highest BCUT2D eigenvalue weighted by Gasteiger charge is 2.53. The zero-order valence-corrected chi connectivity index (χ0v) is 17.6. The molecule has 0 radical (unpaired) electrons. The number of aromatic amines is 1. The topological polar surface area (TPSA) is 145 Å². The van der Waals surface area contributed by atoms with Crippen LogP contribution in [0, 0.1) is 5.21 Å². The van der Waals surface area contributed by atoms with Crippen molar-refractivity contribution in [2.45, 2.75) is 24.6 Å². The normalized spacial score (nSPS) is 22.6. The fourth-order valence-electron chi connectivity index (χ4n) is 4.26. The number of nitrogens with one attached hydrogen (secondary N) is 2. The van der Waals surface area contributed by atoms with Gasteiger partial charge in [-0.1, -0.05) is 18.2 Å². The minimum absolute atomic E-state index is 0.0526. The molecule has 168 valence electrons. The van der Waals surface area contributed by atoms with Gasteiger partial charge in [0.1, 0.15) is 11.8 Å². The highest BCUT2D eigenvalue weighted by molar-refractivity contribution is 5.99. The second-order valence-corrected chi connectivity index (χ2v) is 8.04. The van der Waals surface area contributed by atoms with Crippen LogP contribution in [-0.2, 0) is 22.4 Å². The van der Waals surface area contributed by atoms with Crippen LogP contribution in [0.15, 0.2) is 48.7 Å². The van der Waals surface area contributed by atoms with Crippen LogP contribution in [0.4, 0.5) is 5.69 Å². The lowest BCUT2D eigenvalue weighted by molar-refractivity contribution is -0.990. The van der Waals surface area contributed by atoms with Gasteiger partial charge >= 0.3 is 0 Å². The molecule has 1 unspecified atom stereocenters. The SMILES string of the molecule is CN1C(=O)[C@](O)(Cc2ccc(O)cc2)N(C)C(=O)[C@@H]1Cc1c[nH]c2cccc([NH+]([O-])O)c12. The molecule has 2 aromatic carbocycles. The Morgan fingerprint density at radius 2 is 1.84 bits per heavy atom. The number of aromatic nitrogens is 1. The standard InChI is InChI=1S/C22H24N4O6/c1-24-18(10-14-12-23-16-4-3-5-17(19(14)16)26(31)32)20(28)25(2)22(30,21(24)29)11-13-6-8-15(27)9-7-13/h3-9,12,18,23,26-27,30-31H,10-11H2,1-2H3/t18-,22+/m0/s1. The number of nitrogens with zero attached hydrogens (tertiary/aromatic N) is 2. The van der Waals surface area contributed by atoms with Crippen molar-refractivity contribution in [1.29, 1.82) is 0 Å². The molecule has 0 aliphatic carbocycles. The van der Waals surface area contributed by atoms with E-state index in [1.807, 2.05) is 0 Å². The maximum atomic E-state index is 13.2. The molecule has 32 heavy (non-hydrogen) atoms. The molecule has 10 nitrogen and oxygen atoms in total. The molecule has 4 rings (SSSR count). The number of carbonyl (C=O) groups excluding carboxylic acids is 2. The number of aliphatic hydroxyl groups is 1. The number of piperazine rings is 1. The number of hydrogen-bond acceptors (Lipinski definition) is 6. The van der Waals surface area contributed by atoms with Crippen molar-refractivity contribution in [3.63, 3.8) is 0 Å². The summed E-state index contributed by atoms with van der Waals surface area (Å²) in [6.07, 6.45) is 1.59. The molecule has 1 aliphatic heterocycles. The fourth-order valence-corrected chi connectivity index (χ4v) is 4.26. The molecule has 2 amide bonds. The number of rotatable bonds is 5. The molecule has 1 fully saturated rings. The second kappa shape index (κ2) is 7.92. The average Bonchev–Trinajstić information content (AvgIpc) is 3.19. The first-order chi connectivity index (χ1) is 15.1. The number of H-pyrrole nitrogens is 1. The Hall–Kier alpha value is -3.44. The van der Waals surface area contributed by atoms with Gasteiger partial charge in [0.25, 0.3) is 5.91 Å². The van der Waals surface area contributed by atoms with Crippen molar-refractivity contribution in [1.82, 2.24) is 14.8 Å². The zero-order valence-electron chi connectivity index (χ0n) is 17.6. The van der Waals surface area contributed by atoms with Gasteiger partial charge in [0.05, 0.1) is 10.9 Å². The smallest absolute Gasteiger partial charge is 0.276 e. The van der Waals surface area contributed by atoms with Crippen LogP contribution in [0.2, 0.25) is 0 Å². The molecular formula is C22H24N4O6. The highest BCUT2D eigenvalue weighted by Crippen LogP contribution is 2.31. The summed E-state index contributed by atoms with van der Waals surface area (Å²) in [6.45, 7) is 0. The van der Waals surface area contributed by atoms with E-state index in [9.17, 15) is 30.2 Å². The van der Waals surface area contributed by atoms with Crippen LogP contribution >= 0.6 is 0 Å². The van der Waals surface area contributed by atoms with E-state index < -0.39 is 28.8 Å². The van der Waals surface area contributed by atoms with Crippen molar-refractivity contribution in [3.8, 4) is 5.75 Å². The predicted octanol–water partition coefficient (Wildman–Crippen LogP) is 0.0497. The summed E-state index contributed by atoms with van der Waals surface area (Å²) >= 11 is 0. The Labute approximate surface area is 183 Å². The van der Waals surface area contributed by atoms with Crippen molar-refractivity contribution in [2.24, 2.45) is 0 Å². The van der Waals surface area contributed by atoms with Gasteiger partial charge in [0.15, 0.2) is 5.69 Å². The van der Waals surface area contributed by atoms with Crippen LogP contribution in [0.1, 0.15) is 11.1 Å².